The molecule has 1 aliphatic heterocycles. The van der Waals surface area contributed by atoms with E-state index in [1.165, 1.54) is 0 Å². The Morgan fingerprint density at radius 2 is 1.57 bits per heavy atom. The Morgan fingerprint density at radius 3 is 2.14 bits per heavy atom. The van der Waals surface area contributed by atoms with Crippen LogP contribution in [-0.4, -0.2) is 61.9 Å². The number of esters is 1. The molecule has 1 heterocycles. The van der Waals surface area contributed by atoms with Crippen LogP contribution < -0.4 is 0 Å². The van der Waals surface area contributed by atoms with Crippen LogP contribution in [0, 0.1) is 28.1 Å². The number of fused-ring (bicyclic) bond motifs is 2. The predicted octanol–water partition coefficient (Wildman–Crippen LogP) is 8.63. The number of benzene rings is 2. The van der Waals surface area contributed by atoms with Crippen LogP contribution in [0.25, 0.3) is 0 Å². The molecule has 7 atom stereocenters. The summed E-state index contributed by atoms with van der Waals surface area (Å²) in [6, 6.07) is 20.8. The maximum absolute atomic E-state index is 14.2. The highest BCUT2D eigenvalue weighted by atomic mass is 28.4. The van der Waals surface area contributed by atoms with Crippen molar-refractivity contribution in [1.29, 1.82) is 0 Å². The molecule has 4 aliphatic carbocycles. The zero-order valence-electron chi connectivity index (χ0n) is 32.1. The number of nitrogens with zero attached hydrogens (tertiary/aromatic N) is 1. The van der Waals surface area contributed by atoms with Gasteiger partial charge >= 0.3 is 5.97 Å². The third-order valence-corrected chi connectivity index (χ3v) is 18.9. The zero-order valence-corrected chi connectivity index (χ0v) is 33.1. The summed E-state index contributed by atoms with van der Waals surface area (Å²) >= 11 is 0. The predicted molar refractivity (Wildman–Crippen MR) is 202 cm³/mol. The van der Waals surface area contributed by atoms with E-state index in [1.54, 1.807) is 0 Å². The molecular weight excluding hydrogens is 655 g/mol. The first-order valence-corrected chi connectivity index (χ1v) is 22.5. The number of rotatable bonds is 13. The maximum Gasteiger partial charge on any atom is 0.316 e. The molecule has 3 saturated carbocycles. The Labute approximate surface area is 307 Å². The van der Waals surface area contributed by atoms with Crippen LogP contribution in [0.5, 0.6) is 0 Å². The van der Waals surface area contributed by atoms with Crippen LogP contribution in [0.15, 0.2) is 72.5 Å². The fourth-order valence-electron chi connectivity index (χ4n) is 11.5. The van der Waals surface area contributed by atoms with Crippen LogP contribution in [0.2, 0.25) is 18.1 Å². The standard InChI is InChI=1S/C43H61NO6Si/c1-8-44-30-41(38(45)47-9-2)23-16-24-42-33-21-22-34(50-51(6,7)39(3,4)5)36(33)40(37(42)44,25-26-43(41,42)46)27-35(48-28-31-17-12-10-13-18-31)49-29-32-19-14-11-15-20-32/h10-15,17-20,22,33,35-37,46H,8-9,16,21,23-30H2,1-7H3/t33-,36-,37?,40?,41+,42?,43+/m1/s1. The number of allylic oxidation sites excluding steroid dienone is 2. The average Bonchev–Trinajstić information content (AvgIpc) is 3.58. The second-order valence-corrected chi connectivity index (χ2v) is 22.5. The van der Waals surface area contributed by atoms with E-state index in [1.807, 2.05) is 19.1 Å². The second kappa shape index (κ2) is 13.4. The summed E-state index contributed by atoms with van der Waals surface area (Å²) in [4.78, 5) is 16.8. The molecule has 3 unspecified atom stereocenters. The van der Waals surface area contributed by atoms with Crippen LogP contribution in [0.3, 0.4) is 0 Å². The van der Waals surface area contributed by atoms with Crippen LogP contribution in [0.1, 0.15) is 90.7 Å². The molecule has 7 rings (SSSR count). The van der Waals surface area contributed by atoms with Gasteiger partial charge in [-0.2, -0.15) is 0 Å². The molecule has 0 amide bonds. The van der Waals surface area contributed by atoms with Crippen molar-refractivity contribution in [1.82, 2.24) is 4.90 Å². The van der Waals surface area contributed by atoms with Crippen molar-refractivity contribution >= 4 is 14.3 Å². The van der Waals surface area contributed by atoms with Gasteiger partial charge in [0, 0.05) is 35.8 Å². The molecule has 0 radical (unpaired) electrons. The van der Waals surface area contributed by atoms with Gasteiger partial charge in [0.15, 0.2) is 6.29 Å². The third-order valence-electron chi connectivity index (χ3n) is 14.5. The second-order valence-electron chi connectivity index (χ2n) is 17.8. The Hall–Kier alpha value is -2.49. The molecule has 8 heteroatoms. The number of carbonyl (C=O) groups is 1. The highest BCUT2D eigenvalue weighted by Crippen LogP contribution is 2.81. The van der Waals surface area contributed by atoms with Gasteiger partial charge in [-0.1, -0.05) is 94.8 Å². The van der Waals surface area contributed by atoms with E-state index >= 15 is 0 Å². The van der Waals surface area contributed by atoms with Crippen molar-refractivity contribution in [3.05, 3.63) is 83.6 Å². The third kappa shape index (κ3) is 5.60. The highest BCUT2D eigenvalue weighted by molar-refractivity contribution is 6.74. The number of carbonyl (C=O) groups excluding carboxylic acids is 1. The van der Waals surface area contributed by atoms with Gasteiger partial charge in [-0.3, -0.25) is 9.69 Å². The molecule has 1 N–H and O–H groups in total. The minimum absolute atomic E-state index is 0.0403. The number of aliphatic hydroxyl groups is 1. The van der Waals surface area contributed by atoms with Gasteiger partial charge in [0.1, 0.15) is 5.41 Å². The first-order valence-electron chi connectivity index (χ1n) is 19.6. The molecule has 2 aromatic rings. The summed E-state index contributed by atoms with van der Waals surface area (Å²) < 4.78 is 26.9. The van der Waals surface area contributed by atoms with Crippen molar-refractivity contribution in [3.8, 4) is 0 Å². The normalized spacial score (nSPS) is 34.3. The maximum atomic E-state index is 14.2. The molecular formula is C43H61NO6Si. The summed E-state index contributed by atoms with van der Waals surface area (Å²) in [5.74, 6) is 1.16. The summed E-state index contributed by atoms with van der Waals surface area (Å²) in [5, 5.41) is 13.6. The quantitative estimate of drug-likeness (QED) is 0.126. The summed E-state index contributed by atoms with van der Waals surface area (Å²) in [6.45, 7) is 18.3. The molecule has 4 fully saturated rings. The Bertz CT molecular complexity index is 1550. The van der Waals surface area contributed by atoms with Crippen molar-refractivity contribution in [2.45, 2.75) is 129 Å². The molecule has 2 aromatic carbocycles. The fourth-order valence-corrected chi connectivity index (χ4v) is 12.6. The molecule has 51 heavy (non-hydrogen) atoms. The number of hydrogen-bond donors (Lipinski definition) is 1. The molecule has 1 spiro atoms. The van der Waals surface area contributed by atoms with Gasteiger partial charge < -0.3 is 23.7 Å². The van der Waals surface area contributed by atoms with Crippen molar-refractivity contribution in [2.75, 3.05) is 19.7 Å². The van der Waals surface area contributed by atoms with Crippen molar-refractivity contribution in [3.63, 3.8) is 0 Å². The van der Waals surface area contributed by atoms with Gasteiger partial charge in [0.2, 0.25) is 8.32 Å². The summed E-state index contributed by atoms with van der Waals surface area (Å²) in [7, 11) is -2.20. The van der Waals surface area contributed by atoms with E-state index < -0.39 is 31.0 Å². The fraction of sp³-hybridized carbons (Fsp3) is 0.651. The van der Waals surface area contributed by atoms with E-state index in [4.69, 9.17) is 18.6 Å². The minimum atomic E-state index is -2.20. The molecule has 278 valence electrons. The van der Waals surface area contributed by atoms with Crippen molar-refractivity contribution in [2.24, 2.45) is 28.1 Å². The smallest absolute Gasteiger partial charge is 0.316 e. The van der Waals surface area contributed by atoms with Crippen molar-refractivity contribution < 1.29 is 28.5 Å². The zero-order chi connectivity index (χ0) is 36.3. The van der Waals surface area contributed by atoms with Gasteiger partial charge in [-0.05, 0) is 86.8 Å². The van der Waals surface area contributed by atoms with Crippen LogP contribution >= 0.6 is 0 Å². The molecule has 0 aromatic heterocycles. The Balaban J connectivity index is 1.34. The largest absolute Gasteiger partial charge is 0.547 e. The lowest BCUT2D eigenvalue weighted by molar-refractivity contribution is -0.302. The minimum Gasteiger partial charge on any atom is -0.547 e. The van der Waals surface area contributed by atoms with Crippen LogP contribution in [-0.2, 0) is 36.6 Å². The lowest BCUT2D eigenvalue weighted by atomic mass is 9.40. The summed E-state index contributed by atoms with van der Waals surface area (Å²) in [6.07, 6.45) is 7.27. The number of piperidine rings is 1. The van der Waals surface area contributed by atoms with E-state index in [-0.39, 0.29) is 34.3 Å². The van der Waals surface area contributed by atoms with Gasteiger partial charge in [0.05, 0.1) is 31.2 Å². The monoisotopic (exact) mass is 715 g/mol. The summed E-state index contributed by atoms with van der Waals surface area (Å²) in [5.41, 5.74) is -0.630. The number of hydrogen-bond acceptors (Lipinski definition) is 7. The van der Waals surface area contributed by atoms with Gasteiger partial charge in [-0.25, -0.2) is 0 Å². The lowest BCUT2D eigenvalue weighted by Crippen LogP contribution is -2.81. The SMILES string of the molecule is CCOC(=O)[C@]12CCCC34C(N(CC)C1)C(CC(OCc1ccccc1)OCc1ccccc1)(CC[C@@]32O)[C@H]1C(O[Si](C)(C)C(C)(C)C)=CC[C@H]14. The molecule has 1 saturated heterocycles. The lowest BCUT2D eigenvalue weighted by Gasteiger charge is -2.72. The molecule has 5 aliphatic rings. The molecule has 5 bridgehead atoms. The number of likely N-dealkylation sites (tertiary alicyclic amines) is 1. The van der Waals surface area contributed by atoms with E-state index in [0.717, 1.165) is 49.1 Å². The molecule has 7 nitrogen and oxygen atoms in total. The van der Waals surface area contributed by atoms with Crippen LogP contribution in [0.4, 0.5) is 0 Å². The average molecular weight is 716 g/mol. The highest BCUT2D eigenvalue weighted by Gasteiger charge is 2.86. The van der Waals surface area contributed by atoms with E-state index in [9.17, 15) is 9.90 Å². The Kier molecular flexibility index (Phi) is 9.70. The van der Waals surface area contributed by atoms with E-state index in [0.29, 0.717) is 45.6 Å². The first kappa shape index (κ1) is 36.8. The van der Waals surface area contributed by atoms with Gasteiger partial charge in [0.25, 0.3) is 0 Å². The Morgan fingerprint density at radius 1 is 0.941 bits per heavy atom. The van der Waals surface area contributed by atoms with Gasteiger partial charge in [-0.15, -0.1) is 0 Å². The number of ether oxygens (including phenoxy) is 3. The first-order chi connectivity index (χ1) is 24.3. The van der Waals surface area contributed by atoms with E-state index in [2.05, 4.69) is 100 Å². The topological polar surface area (TPSA) is 77.5 Å².